The van der Waals surface area contributed by atoms with Gasteiger partial charge in [0, 0.05) is 12.3 Å². The Hall–Kier alpha value is -2.64. The molecule has 1 fully saturated rings. The first-order valence-corrected chi connectivity index (χ1v) is 8.70. The van der Waals surface area contributed by atoms with Crippen molar-refractivity contribution in [2.75, 3.05) is 0 Å². The quantitative estimate of drug-likeness (QED) is 0.376. The molecule has 1 aliphatic rings. The van der Waals surface area contributed by atoms with Crippen molar-refractivity contribution >= 4 is 24.3 Å². The summed E-state index contributed by atoms with van der Waals surface area (Å²) in [6, 6.07) is 16.5. The zero-order chi connectivity index (χ0) is 19.7. The molecule has 2 aromatic carbocycles. The molecule has 0 spiro atoms. The van der Waals surface area contributed by atoms with E-state index in [0.717, 1.165) is 10.9 Å². The Bertz CT molecular complexity index is 951. The van der Waals surface area contributed by atoms with Crippen molar-refractivity contribution in [3.8, 4) is 5.69 Å². The van der Waals surface area contributed by atoms with Gasteiger partial charge in [0.15, 0.2) is 0 Å². The van der Waals surface area contributed by atoms with Crippen LogP contribution in [0.1, 0.15) is 27.7 Å². The third kappa shape index (κ3) is 3.75. The molecule has 27 heavy (non-hydrogen) atoms. The summed E-state index contributed by atoms with van der Waals surface area (Å²) in [5.41, 5.74) is 1.29. The second kappa shape index (κ2) is 7.17. The molecule has 0 bridgehead atoms. The third-order valence-corrected chi connectivity index (χ3v) is 5.07. The van der Waals surface area contributed by atoms with E-state index in [0.29, 0.717) is 5.69 Å². The number of aromatic nitrogens is 1. The summed E-state index contributed by atoms with van der Waals surface area (Å²) in [4.78, 5) is 10.7. The van der Waals surface area contributed by atoms with E-state index >= 15 is 0 Å². The predicted octanol–water partition coefficient (Wildman–Crippen LogP) is 4.66. The lowest BCUT2D eigenvalue weighted by Gasteiger charge is -2.32. The second-order valence-corrected chi connectivity index (χ2v) is 7.34. The number of nitro groups is 1. The maximum atomic E-state index is 11.0. The Morgan fingerprint density at radius 2 is 1.52 bits per heavy atom. The maximum Gasteiger partial charge on any atom is 0.488 e. The molecule has 0 N–H and O–H groups in total. The first-order valence-electron chi connectivity index (χ1n) is 8.70. The van der Waals surface area contributed by atoms with Crippen molar-refractivity contribution in [2.45, 2.75) is 38.9 Å². The van der Waals surface area contributed by atoms with Gasteiger partial charge in [0.1, 0.15) is 5.69 Å². The van der Waals surface area contributed by atoms with Gasteiger partial charge in [-0.15, -0.1) is 0 Å². The molecular weight excluding hydrogens is 343 g/mol. The lowest BCUT2D eigenvalue weighted by molar-refractivity contribution is -0.384. The van der Waals surface area contributed by atoms with Gasteiger partial charge in [-0.2, -0.15) is 0 Å². The molecule has 6 nitrogen and oxygen atoms in total. The highest BCUT2D eigenvalue weighted by molar-refractivity contribution is 6.19. The van der Waals surface area contributed by atoms with Gasteiger partial charge in [-0.05, 0) is 51.3 Å². The molecule has 1 aliphatic heterocycles. The highest BCUT2D eigenvalue weighted by atomic mass is 16.7. The summed E-state index contributed by atoms with van der Waals surface area (Å²) in [6.45, 7) is 8.04. The van der Waals surface area contributed by atoms with E-state index in [4.69, 9.17) is 9.31 Å². The van der Waals surface area contributed by atoms with E-state index in [2.05, 4.69) is 0 Å². The molecule has 2 heterocycles. The van der Waals surface area contributed by atoms with Gasteiger partial charge in [0.25, 0.3) is 5.69 Å². The molecule has 0 aliphatic carbocycles. The van der Waals surface area contributed by atoms with Crippen molar-refractivity contribution in [3.63, 3.8) is 0 Å². The number of rotatable bonds is 2. The summed E-state index contributed by atoms with van der Waals surface area (Å²) in [6.07, 6.45) is 1.85. The standard InChI is InChI=1S/C14H10N2O2.C6H12BO2/c17-16(18)14-8-4-3-7-13(14)15-10-9-11-5-1-2-6-12(11)15;1-5(2)6(3,4)9-7-8-5/h1-10H;1-4H3. The molecule has 0 unspecified atom stereocenters. The zero-order valence-electron chi connectivity index (χ0n) is 15.9. The van der Waals surface area contributed by atoms with E-state index in [-0.39, 0.29) is 21.8 Å². The molecule has 1 saturated heterocycles. The van der Waals surface area contributed by atoms with Crippen molar-refractivity contribution in [1.82, 2.24) is 4.57 Å². The molecule has 7 heteroatoms. The van der Waals surface area contributed by atoms with E-state index in [1.54, 1.807) is 18.2 Å². The van der Waals surface area contributed by atoms with Crippen LogP contribution in [-0.4, -0.2) is 28.4 Å². The fraction of sp³-hybridized carbons (Fsp3) is 0.300. The molecule has 1 aromatic heterocycles. The van der Waals surface area contributed by atoms with Crippen LogP contribution < -0.4 is 0 Å². The number of nitro benzene ring substituents is 1. The fourth-order valence-electron chi connectivity index (χ4n) is 2.66. The van der Waals surface area contributed by atoms with Crippen LogP contribution in [0.25, 0.3) is 16.6 Å². The minimum absolute atomic E-state index is 0.110. The summed E-state index contributed by atoms with van der Waals surface area (Å²) in [5, 5.41) is 12.1. The normalized spacial score (nSPS) is 17.0. The van der Waals surface area contributed by atoms with Gasteiger partial charge >= 0.3 is 7.69 Å². The van der Waals surface area contributed by atoms with Crippen LogP contribution in [0.2, 0.25) is 0 Å². The summed E-state index contributed by atoms with van der Waals surface area (Å²) >= 11 is 0. The first-order chi connectivity index (χ1) is 12.7. The molecule has 4 rings (SSSR count). The van der Waals surface area contributed by atoms with Crippen LogP contribution in [0.3, 0.4) is 0 Å². The molecule has 3 aromatic rings. The van der Waals surface area contributed by atoms with Gasteiger partial charge in [-0.3, -0.25) is 10.1 Å². The smallest absolute Gasteiger partial charge is 0.405 e. The Kier molecular flexibility index (Phi) is 5.08. The molecule has 0 saturated carbocycles. The van der Waals surface area contributed by atoms with Gasteiger partial charge in [-0.25, -0.2) is 0 Å². The number of hydrogen-bond donors (Lipinski definition) is 0. The van der Waals surface area contributed by atoms with Crippen LogP contribution in [-0.2, 0) is 9.31 Å². The van der Waals surface area contributed by atoms with E-state index in [1.807, 2.05) is 68.8 Å². The largest absolute Gasteiger partial charge is 0.488 e. The lowest BCUT2D eigenvalue weighted by atomic mass is 9.90. The third-order valence-electron chi connectivity index (χ3n) is 5.07. The zero-order valence-corrected chi connectivity index (χ0v) is 15.9. The van der Waals surface area contributed by atoms with Crippen LogP contribution >= 0.6 is 0 Å². The molecule has 0 atom stereocenters. The fourth-order valence-corrected chi connectivity index (χ4v) is 2.66. The molecule has 139 valence electrons. The monoisotopic (exact) mass is 365 g/mol. The Balaban J connectivity index is 0.000000197. The van der Waals surface area contributed by atoms with E-state index in [9.17, 15) is 10.1 Å². The topological polar surface area (TPSA) is 66.5 Å². The highest BCUT2D eigenvalue weighted by Gasteiger charge is 2.44. The van der Waals surface area contributed by atoms with Crippen molar-refractivity contribution in [2.24, 2.45) is 0 Å². The summed E-state index contributed by atoms with van der Waals surface area (Å²) < 4.78 is 12.3. The van der Waals surface area contributed by atoms with Crippen molar-refractivity contribution in [1.29, 1.82) is 0 Å². The van der Waals surface area contributed by atoms with E-state index in [1.165, 1.54) is 13.8 Å². The second-order valence-electron chi connectivity index (χ2n) is 7.34. The highest BCUT2D eigenvalue weighted by Crippen LogP contribution is 2.33. The van der Waals surface area contributed by atoms with Crippen molar-refractivity contribution in [3.05, 3.63) is 70.9 Å². The van der Waals surface area contributed by atoms with Crippen molar-refractivity contribution < 1.29 is 14.2 Å². The van der Waals surface area contributed by atoms with Gasteiger partial charge in [-0.1, -0.05) is 30.3 Å². The molecule has 1 radical (unpaired) electrons. The molecular formula is C20H22BN2O4. The van der Waals surface area contributed by atoms with Gasteiger partial charge in [0.05, 0.1) is 21.6 Å². The first kappa shape index (κ1) is 19.1. The predicted molar refractivity (Wildman–Crippen MR) is 106 cm³/mol. The van der Waals surface area contributed by atoms with Gasteiger partial charge < -0.3 is 13.9 Å². The van der Waals surface area contributed by atoms with Crippen LogP contribution in [0.5, 0.6) is 0 Å². The number of para-hydroxylation sites is 3. The Morgan fingerprint density at radius 3 is 2.11 bits per heavy atom. The maximum absolute atomic E-state index is 11.0. The van der Waals surface area contributed by atoms with Gasteiger partial charge in [0.2, 0.25) is 0 Å². The Labute approximate surface area is 159 Å². The molecule has 0 amide bonds. The van der Waals surface area contributed by atoms with Crippen LogP contribution in [0.4, 0.5) is 5.69 Å². The minimum atomic E-state index is -0.357. The minimum Gasteiger partial charge on any atom is -0.405 e. The number of fused-ring (bicyclic) bond motifs is 1. The van der Waals surface area contributed by atoms with Crippen LogP contribution in [0, 0.1) is 10.1 Å². The summed E-state index contributed by atoms with van der Waals surface area (Å²) in [5.74, 6) is 0. The van der Waals surface area contributed by atoms with E-state index < -0.39 is 0 Å². The number of hydrogen-bond acceptors (Lipinski definition) is 4. The number of benzene rings is 2. The average molecular weight is 365 g/mol. The Morgan fingerprint density at radius 1 is 0.926 bits per heavy atom. The van der Waals surface area contributed by atoms with Crippen LogP contribution in [0.15, 0.2) is 60.8 Å². The average Bonchev–Trinajstić information content (AvgIpc) is 3.15. The lowest BCUT2D eigenvalue weighted by Crippen LogP contribution is -2.41. The number of nitrogens with zero attached hydrogens (tertiary/aromatic N) is 2. The SMILES string of the molecule is CC1(C)O[B]OC1(C)C.O=[N+]([O-])c1ccccc1-n1ccc2ccccc21. The summed E-state index contributed by atoms with van der Waals surface area (Å²) in [7, 11) is 1.42.